The van der Waals surface area contributed by atoms with Crippen molar-refractivity contribution in [3.63, 3.8) is 0 Å². The minimum Gasteiger partial charge on any atom is -0.391 e. The fourth-order valence-electron chi connectivity index (χ4n) is 2.46. The maximum absolute atomic E-state index is 11.8. The standard InChI is InChI=1S/C21H26N2O2/c1-2-3-4-6-9-18-12-14-20(15-13-18)23-21(24)16-22-25-17-19-10-7-5-8-11-19/h5,7-8,10-16H,2-4,6,9,17H2,1H3,(H,23,24)/b22-16+. The lowest BCUT2D eigenvalue weighted by atomic mass is 10.1. The minimum absolute atomic E-state index is 0.302. The van der Waals surface area contributed by atoms with Crippen molar-refractivity contribution in [1.29, 1.82) is 0 Å². The number of nitrogens with zero attached hydrogens (tertiary/aromatic N) is 1. The van der Waals surface area contributed by atoms with Crippen LogP contribution >= 0.6 is 0 Å². The number of aryl methyl sites for hydroxylation is 1. The lowest BCUT2D eigenvalue weighted by Gasteiger charge is -2.05. The van der Waals surface area contributed by atoms with Gasteiger partial charge in [-0.1, -0.05) is 73.8 Å². The molecule has 0 saturated carbocycles. The summed E-state index contributed by atoms with van der Waals surface area (Å²) in [5.41, 5.74) is 3.07. The highest BCUT2D eigenvalue weighted by atomic mass is 16.6. The number of rotatable bonds is 10. The highest BCUT2D eigenvalue weighted by Crippen LogP contribution is 2.12. The van der Waals surface area contributed by atoms with Gasteiger partial charge in [0, 0.05) is 5.69 Å². The summed E-state index contributed by atoms with van der Waals surface area (Å²) in [6.45, 7) is 2.56. The van der Waals surface area contributed by atoms with Crippen molar-refractivity contribution in [3.8, 4) is 0 Å². The van der Waals surface area contributed by atoms with Crippen LogP contribution in [0.3, 0.4) is 0 Å². The summed E-state index contributed by atoms with van der Waals surface area (Å²) in [7, 11) is 0. The molecule has 0 radical (unpaired) electrons. The second-order valence-corrected chi connectivity index (χ2v) is 5.99. The highest BCUT2D eigenvalue weighted by molar-refractivity contribution is 6.31. The van der Waals surface area contributed by atoms with E-state index in [9.17, 15) is 4.79 Å². The van der Waals surface area contributed by atoms with Crippen LogP contribution in [0.1, 0.15) is 43.7 Å². The van der Waals surface area contributed by atoms with Crippen molar-refractivity contribution in [3.05, 3.63) is 65.7 Å². The number of hydrogen-bond donors (Lipinski definition) is 1. The largest absolute Gasteiger partial charge is 0.391 e. The summed E-state index contributed by atoms with van der Waals surface area (Å²) in [4.78, 5) is 16.9. The molecule has 0 aliphatic heterocycles. The summed E-state index contributed by atoms with van der Waals surface area (Å²) in [5, 5.41) is 6.48. The van der Waals surface area contributed by atoms with E-state index in [-0.39, 0.29) is 5.91 Å². The molecule has 1 N–H and O–H groups in total. The Hall–Kier alpha value is -2.62. The summed E-state index contributed by atoms with van der Waals surface area (Å²) < 4.78 is 0. The van der Waals surface area contributed by atoms with Crippen LogP contribution in [0.15, 0.2) is 59.8 Å². The number of anilines is 1. The predicted octanol–water partition coefficient (Wildman–Crippen LogP) is 4.95. The summed E-state index contributed by atoms with van der Waals surface area (Å²) in [6.07, 6.45) is 7.27. The number of hydrogen-bond acceptors (Lipinski definition) is 3. The number of carbonyl (C=O) groups excluding carboxylic acids is 1. The zero-order chi connectivity index (χ0) is 17.7. The Bertz CT molecular complexity index is 651. The zero-order valence-electron chi connectivity index (χ0n) is 14.8. The summed E-state index contributed by atoms with van der Waals surface area (Å²) in [6, 6.07) is 17.7. The maximum atomic E-state index is 11.8. The first kappa shape index (κ1) is 18.7. The number of nitrogens with one attached hydrogen (secondary N) is 1. The van der Waals surface area contributed by atoms with Gasteiger partial charge in [-0.25, -0.2) is 0 Å². The van der Waals surface area contributed by atoms with Gasteiger partial charge in [0.05, 0.1) is 0 Å². The van der Waals surface area contributed by atoms with E-state index < -0.39 is 0 Å². The molecule has 0 bridgehead atoms. The average molecular weight is 338 g/mol. The monoisotopic (exact) mass is 338 g/mol. The number of benzene rings is 2. The van der Waals surface area contributed by atoms with E-state index in [4.69, 9.17) is 4.84 Å². The third-order valence-electron chi connectivity index (χ3n) is 3.86. The van der Waals surface area contributed by atoms with Crippen molar-refractivity contribution in [1.82, 2.24) is 0 Å². The number of amides is 1. The van der Waals surface area contributed by atoms with E-state index in [0.717, 1.165) is 23.9 Å². The van der Waals surface area contributed by atoms with E-state index in [0.29, 0.717) is 6.61 Å². The molecule has 4 heteroatoms. The number of oxime groups is 1. The first-order chi connectivity index (χ1) is 12.3. The molecule has 0 aromatic heterocycles. The van der Waals surface area contributed by atoms with Crippen molar-refractivity contribution in [2.24, 2.45) is 5.16 Å². The van der Waals surface area contributed by atoms with E-state index in [1.54, 1.807) is 0 Å². The molecule has 0 fully saturated rings. The Morgan fingerprint density at radius 3 is 2.48 bits per heavy atom. The molecular formula is C21H26N2O2. The van der Waals surface area contributed by atoms with Crippen LogP contribution < -0.4 is 5.32 Å². The zero-order valence-corrected chi connectivity index (χ0v) is 14.8. The average Bonchev–Trinajstić information content (AvgIpc) is 2.65. The van der Waals surface area contributed by atoms with Crippen molar-refractivity contribution in [2.45, 2.75) is 45.6 Å². The van der Waals surface area contributed by atoms with Gasteiger partial charge < -0.3 is 10.2 Å². The van der Waals surface area contributed by atoms with Crippen molar-refractivity contribution in [2.75, 3.05) is 5.32 Å². The Kier molecular flexibility index (Phi) is 8.25. The molecule has 0 spiro atoms. The molecule has 1 amide bonds. The van der Waals surface area contributed by atoms with Gasteiger partial charge in [0.15, 0.2) is 0 Å². The molecule has 0 heterocycles. The molecule has 0 saturated heterocycles. The Labute approximate surface area is 149 Å². The van der Waals surface area contributed by atoms with Crippen LogP contribution in [0, 0.1) is 0 Å². The van der Waals surface area contributed by atoms with Crippen LogP contribution in [0.5, 0.6) is 0 Å². The maximum Gasteiger partial charge on any atom is 0.270 e. The summed E-state index contributed by atoms with van der Waals surface area (Å²) in [5.74, 6) is -0.302. The van der Waals surface area contributed by atoms with Gasteiger partial charge in [-0.05, 0) is 36.1 Å². The Morgan fingerprint density at radius 2 is 1.76 bits per heavy atom. The Morgan fingerprint density at radius 1 is 1.00 bits per heavy atom. The van der Waals surface area contributed by atoms with Gasteiger partial charge in [-0.15, -0.1) is 0 Å². The first-order valence-electron chi connectivity index (χ1n) is 8.87. The van der Waals surface area contributed by atoms with Crippen molar-refractivity contribution < 1.29 is 9.63 Å². The molecule has 25 heavy (non-hydrogen) atoms. The summed E-state index contributed by atoms with van der Waals surface area (Å²) >= 11 is 0. The van der Waals surface area contributed by atoms with Crippen LogP contribution in [0.2, 0.25) is 0 Å². The van der Waals surface area contributed by atoms with Gasteiger partial charge in [0.25, 0.3) is 5.91 Å². The van der Waals surface area contributed by atoms with Gasteiger partial charge >= 0.3 is 0 Å². The quantitative estimate of drug-likeness (QED) is 0.378. The smallest absolute Gasteiger partial charge is 0.270 e. The molecule has 0 unspecified atom stereocenters. The van der Waals surface area contributed by atoms with Crippen LogP contribution in [-0.4, -0.2) is 12.1 Å². The van der Waals surface area contributed by atoms with Crippen LogP contribution in [-0.2, 0) is 22.7 Å². The first-order valence-corrected chi connectivity index (χ1v) is 8.87. The minimum atomic E-state index is -0.302. The van der Waals surface area contributed by atoms with Gasteiger partial charge in [0.1, 0.15) is 12.8 Å². The fourth-order valence-corrected chi connectivity index (χ4v) is 2.46. The number of carbonyl (C=O) groups is 1. The van der Waals surface area contributed by atoms with E-state index >= 15 is 0 Å². The van der Waals surface area contributed by atoms with Crippen LogP contribution in [0.25, 0.3) is 0 Å². The molecule has 2 rings (SSSR count). The SMILES string of the molecule is CCCCCCc1ccc(NC(=O)/C=N/OCc2ccccc2)cc1. The van der Waals surface area contributed by atoms with E-state index in [1.165, 1.54) is 31.2 Å². The lowest BCUT2D eigenvalue weighted by molar-refractivity contribution is -0.110. The number of unbranched alkanes of at least 4 members (excludes halogenated alkanes) is 3. The molecule has 0 atom stereocenters. The second kappa shape index (κ2) is 11.0. The fraction of sp³-hybridized carbons (Fsp3) is 0.333. The highest BCUT2D eigenvalue weighted by Gasteiger charge is 2.00. The van der Waals surface area contributed by atoms with Crippen molar-refractivity contribution >= 4 is 17.8 Å². The molecular weight excluding hydrogens is 312 g/mol. The normalized spacial score (nSPS) is 10.8. The predicted molar refractivity (Wildman–Crippen MR) is 103 cm³/mol. The van der Waals surface area contributed by atoms with E-state index in [2.05, 4.69) is 29.5 Å². The van der Waals surface area contributed by atoms with Crippen LogP contribution in [0.4, 0.5) is 5.69 Å². The van der Waals surface area contributed by atoms with Gasteiger partial charge in [-0.2, -0.15) is 0 Å². The molecule has 4 nitrogen and oxygen atoms in total. The third-order valence-corrected chi connectivity index (χ3v) is 3.86. The van der Waals surface area contributed by atoms with Gasteiger partial charge in [0.2, 0.25) is 0 Å². The van der Waals surface area contributed by atoms with Gasteiger partial charge in [-0.3, -0.25) is 4.79 Å². The molecule has 0 aliphatic rings. The molecule has 0 aliphatic carbocycles. The Balaban J connectivity index is 1.70. The topological polar surface area (TPSA) is 50.7 Å². The third kappa shape index (κ3) is 7.66. The molecule has 2 aromatic rings. The van der Waals surface area contributed by atoms with E-state index in [1.807, 2.05) is 42.5 Å². The second-order valence-electron chi connectivity index (χ2n) is 5.99. The molecule has 2 aromatic carbocycles. The lowest BCUT2D eigenvalue weighted by Crippen LogP contribution is -2.12. The molecule has 132 valence electrons.